The van der Waals surface area contributed by atoms with E-state index in [9.17, 15) is 4.39 Å². The van der Waals surface area contributed by atoms with Gasteiger partial charge in [0.25, 0.3) is 0 Å². The van der Waals surface area contributed by atoms with Gasteiger partial charge in [-0.1, -0.05) is 25.3 Å². The van der Waals surface area contributed by atoms with Crippen LogP contribution in [0, 0.1) is 5.82 Å². The molecule has 2 rings (SSSR count). The Morgan fingerprint density at radius 2 is 2.00 bits per heavy atom. The maximum Gasteiger partial charge on any atom is 0.126 e. The Balaban J connectivity index is 2.39. The summed E-state index contributed by atoms with van der Waals surface area (Å²) in [5.74, 6) is 6.06. The molecule has 1 heterocycles. The predicted octanol–water partition coefficient (Wildman–Crippen LogP) is 3.49. The molecule has 1 unspecified atom stereocenters. The summed E-state index contributed by atoms with van der Waals surface area (Å²) in [5, 5.41) is 0. The highest BCUT2D eigenvalue weighted by atomic mass is 32.2. The van der Waals surface area contributed by atoms with E-state index in [2.05, 4.69) is 12.8 Å². The largest absolute Gasteiger partial charge is 0.207 e. The van der Waals surface area contributed by atoms with E-state index in [1.807, 2.05) is 6.07 Å². The van der Waals surface area contributed by atoms with Crippen molar-refractivity contribution >= 4 is 16.4 Å². The van der Waals surface area contributed by atoms with Gasteiger partial charge in [-0.3, -0.25) is 0 Å². The Morgan fingerprint density at radius 3 is 2.64 bits per heavy atom. The Labute approximate surface area is 87.1 Å². The molecule has 0 radical (unpaired) electrons. The molecule has 1 aromatic rings. The Kier molecular flexibility index (Phi) is 2.73. The van der Waals surface area contributed by atoms with Crippen LogP contribution in [0.4, 0.5) is 4.39 Å². The van der Waals surface area contributed by atoms with Crippen molar-refractivity contribution in [2.45, 2.75) is 31.3 Å². The number of halogens is 1. The molecule has 0 saturated heterocycles. The summed E-state index contributed by atoms with van der Waals surface area (Å²) in [4.78, 5) is 0. The minimum absolute atomic E-state index is 0.0236. The SMILES string of the molecule is C=S1Cc2cc(F)c(CCC)cc2C1. The molecule has 1 aliphatic heterocycles. The second-order valence-electron chi connectivity index (χ2n) is 3.86. The van der Waals surface area contributed by atoms with Gasteiger partial charge in [-0.25, -0.2) is 4.39 Å². The fourth-order valence-corrected chi connectivity index (χ4v) is 3.45. The molecular weight excluding hydrogens is 195 g/mol. The maximum atomic E-state index is 13.5. The molecule has 2 heteroatoms. The monoisotopic (exact) mass is 210 g/mol. The Bertz CT molecular complexity index is 382. The lowest BCUT2D eigenvalue weighted by atomic mass is 10.0. The van der Waals surface area contributed by atoms with Crippen LogP contribution < -0.4 is 0 Å². The zero-order valence-electron chi connectivity index (χ0n) is 8.48. The highest BCUT2D eigenvalue weighted by Gasteiger charge is 2.15. The molecule has 1 aromatic carbocycles. The molecule has 0 bridgehead atoms. The normalized spacial score (nSPS) is 19.7. The number of rotatable bonds is 2. The van der Waals surface area contributed by atoms with Crippen LogP contribution >= 0.6 is 10.5 Å². The second-order valence-corrected chi connectivity index (χ2v) is 5.67. The molecule has 0 N–H and O–H groups in total. The summed E-state index contributed by atoms with van der Waals surface area (Å²) in [7, 11) is 0.194. The van der Waals surface area contributed by atoms with Crippen molar-refractivity contribution < 1.29 is 4.39 Å². The number of aryl methyl sites for hydroxylation is 1. The fraction of sp³-hybridized carbons (Fsp3) is 0.417. The van der Waals surface area contributed by atoms with Crippen LogP contribution in [0.5, 0.6) is 0 Å². The van der Waals surface area contributed by atoms with Crippen LogP contribution in [0.3, 0.4) is 0 Å². The molecule has 0 aliphatic carbocycles. The highest BCUT2D eigenvalue weighted by Crippen LogP contribution is 2.35. The van der Waals surface area contributed by atoms with Crippen molar-refractivity contribution in [2.75, 3.05) is 0 Å². The smallest absolute Gasteiger partial charge is 0.126 e. The number of hydrogen-bond acceptors (Lipinski definition) is 0. The van der Waals surface area contributed by atoms with Gasteiger partial charge < -0.3 is 0 Å². The van der Waals surface area contributed by atoms with E-state index >= 15 is 0 Å². The van der Waals surface area contributed by atoms with Gasteiger partial charge >= 0.3 is 0 Å². The Hall–Kier alpha value is -0.630. The van der Waals surface area contributed by atoms with Crippen LogP contribution in [0.15, 0.2) is 12.1 Å². The van der Waals surface area contributed by atoms with Crippen molar-refractivity contribution in [2.24, 2.45) is 0 Å². The van der Waals surface area contributed by atoms with Crippen LogP contribution in [-0.4, -0.2) is 5.87 Å². The third kappa shape index (κ3) is 1.76. The second kappa shape index (κ2) is 3.85. The van der Waals surface area contributed by atoms with E-state index in [0.717, 1.165) is 29.9 Å². The summed E-state index contributed by atoms with van der Waals surface area (Å²) in [6.07, 6.45) is 1.86. The molecule has 0 saturated carbocycles. The summed E-state index contributed by atoms with van der Waals surface area (Å²) in [6, 6.07) is 3.77. The van der Waals surface area contributed by atoms with Crippen LogP contribution in [0.1, 0.15) is 30.0 Å². The first kappa shape index (κ1) is 9.91. The van der Waals surface area contributed by atoms with Gasteiger partial charge in [0.1, 0.15) is 5.82 Å². The summed E-state index contributed by atoms with van der Waals surface area (Å²) in [5.41, 5.74) is 3.39. The van der Waals surface area contributed by atoms with E-state index in [1.165, 1.54) is 11.1 Å². The Morgan fingerprint density at radius 1 is 1.36 bits per heavy atom. The molecule has 0 spiro atoms. The fourth-order valence-electron chi connectivity index (χ4n) is 1.93. The van der Waals surface area contributed by atoms with Gasteiger partial charge in [-0.05, 0) is 29.2 Å². The van der Waals surface area contributed by atoms with Crippen molar-refractivity contribution in [1.29, 1.82) is 0 Å². The lowest BCUT2D eigenvalue weighted by Gasteiger charge is -2.04. The first-order chi connectivity index (χ1) is 6.70. The maximum absolute atomic E-state index is 13.5. The minimum atomic E-state index is -0.0236. The molecule has 0 fully saturated rings. The van der Waals surface area contributed by atoms with E-state index in [0.29, 0.717) is 0 Å². The highest BCUT2D eigenvalue weighted by molar-refractivity contribution is 8.12. The topological polar surface area (TPSA) is 0 Å². The predicted molar refractivity (Wildman–Crippen MR) is 62.5 cm³/mol. The van der Waals surface area contributed by atoms with Crippen LogP contribution in [0.25, 0.3) is 0 Å². The summed E-state index contributed by atoms with van der Waals surface area (Å²) >= 11 is 0. The third-order valence-electron chi connectivity index (χ3n) is 2.61. The van der Waals surface area contributed by atoms with Gasteiger partial charge in [-0.2, -0.15) is 10.5 Å². The zero-order valence-corrected chi connectivity index (χ0v) is 9.29. The zero-order chi connectivity index (χ0) is 10.1. The quantitative estimate of drug-likeness (QED) is 0.655. The molecule has 1 aliphatic rings. The van der Waals surface area contributed by atoms with Crippen LogP contribution in [0.2, 0.25) is 0 Å². The third-order valence-corrected chi connectivity index (χ3v) is 4.05. The minimum Gasteiger partial charge on any atom is -0.207 e. The van der Waals surface area contributed by atoms with Gasteiger partial charge in [0, 0.05) is 11.5 Å². The van der Waals surface area contributed by atoms with Gasteiger partial charge in [0.2, 0.25) is 0 Å². The van der Waals surface area contributed by atoms with Crippen molar-refractivity contribution in [1.82, 2.24) is 0 Å². The molecule has 0 aromatic heterocycles. The summed E-state index contributed by atoms with van der Waals surface area (Å²) < 4.78 is 13.5. The average Bonchev–Trinajstić information content (AvgIpc) is 2.45. The van der Waals surface area contributed by atoms with Gasteiger partial charge in [0.15, 0.2) is 0 Å². The molecule has 0 nitrogen and oxygen atoms in total. The van der Waals surface area contributed by atoms with E-state index in [1.54, 1.807) is 6.07 Å². The van der Waals surface area contributed by atoms with E-state index in [4.69, 9.17) is 0 Å². The average molecular weight is 210 g/mol. The van der Waals surface area contributed by atoms with Crippen molar-refractivity contribution in [3.8, 4) is 0 Å². The molecular formula is C12H15FS. The number of fused-ring (bicyclic) bond motifs is 1. The first-order valence-electron chi connectivity index (χ1n) is 4.98. The van der Waals surface area contributed by atoms with Crippen molar-refractivity contribution in [3.05, 3.63) is 34.6 Å². The standard InChI is InChI=1S/C12H15FS/c1-3-4-9-5-10-7-14(2)8-11(10)6-12(9)13/h5-6H,2-4,7-8H2,1H3. The van der Waals surface area contributed by atoms with E-state index < -0.39 is 0 Å². The lowest BCUT2D eigenvalue weighted by Crippen LogP contribution is -1.93. The first-order valence-corrected chi connectivity index (χ1v) is 6.71. The number of benzene rings is 1. The number of hydrogen-bond donors (Lipinski definition) is 0. The lowest BCUT2D eigenvalue weighted by molar-refractivity contribution is 0.605. The van der Waals surface area contributed by atoms with Crippen LogP contribution in [-0.2, 0) is 17.9 Å². The molecule has 0 amide bonds. The summed E-state index contributed by atoms with van der Waals surface area (Å²) in [6.45, 7) is 2.08. The van der Waals surface area contributed by atoms with Gasteiger partial charge in [0.05, 0.1) is 0 Å². The van der Waals surface area contributed by atoms with Gasteiger partial charge in [-0.15, -0.1) is 0 Å². The molecule has 1 atom stereocenters. The van der Waals surface area contributed by atoms with E-state index in [-0.39, 0.29) is 16.3 Å². The molecule has 14 heavy (non-hydrogen) atoms. The molecule has 76 valence electrons. The van der Waals surface area contributed by atoms with Crippen molar-refractivity contribution in [3.63, 3.8) is 0 Å².